The molecular formula is C20H13Br. The second kappa shape index (κ2) is 5.01. The van der Waals surface area contributed by atoms with Gasteiger partial charge >= 0.3 is 0 Å². The van der Waals surface area contributed by atoms with Crippen LogP contribution in [0.2, 0.25) is 0 Å². The summed E-state index contributed by atoms with van der Waals surface area (Å²) in [6.07, 6.45) is 0. The van der Waals surface area contributed by atoms with E-state index in [0.29, 0.717) is 0 Å². The van der Waals surface area contributed by atoms with Crippen molar-refractivity contribution in [1.29, 1.82) is 0 Å². The van der Waals surface area contributed by atoms with E-state index in [4.69, 9.17) is 0 Å². The number of hydrogen-bond donors (Lipinski definition) is 0. The Morgan fingerprint density at radius 1 is 0.571 bits per heavy atom. The molecule has 0 spiro atoms. The van der Waals surface area contributed by atoms with Gasteiger partial charge in [0.1, 0.15) is 0 Å². The van der Waals surface area contributed by atoms with Crippen molar-refractivity contribution in [2.24, 2.45) is 0 Å². The van der Waals surface area contributed by atoms with Crippen LogP contribution in [-0.4, -0.2) is 0 Å². The van der Waals surface area contributed by atoms with E-state index in [0.717, 1.165) is 4.47 Å². The maximum absolute atomic E-state index is 3.67. The van der Waals surface area contributed by atoms with Crippen molar-refractivity contribution in [3.63, 3.8) is 0 Å². The topological polar surface area (TPSA) is 0 Å². The molecule has 0 heterocycles. The summed E-state index contributed by atoms with van der Waals surface area (Å²) in [7, 11) is 0. The minimum absolute atomic E-state index is 1.12. The summed E-state index contributed by atoms with van der Waals surface area (Å²) in [5.41, 5.74) is 2.52. The second-order valence-electron chi connectivity index (χ2n) is 5.20. The second-order valence-corrected chi connectivity index (χ2v) is 6.12. The van der Waals surface area contributed by atoms with E-state index in [-0.39, 0.29) is 0 Å². The molecule has 0 bridgehead atoms. The Bertz CT molecular complexity index is 940. The van der Waals surface area contributed by atoms with Gasteiger partial charge in [-0.2, -0.15) is 0 Å². The van der Waals surface area contributed by atoms with E-state index >= 15 is 0 Å². The van der Waals surface area contributed by atoms with Crippen LogP contribution < -0.4 is 0 Å². The molecule has 21 heavy (non-hydrogen) atoms. The van der Waals surface area contributed by atoms with Gasteiger partial charge in [-0.25, -0.2) is 0 Å². The third kappa shape index (κ3) is 2.14. The van der Waals surface area contributed by atoms with Crippen LogP contribution in [0.15, 0.2) is 83.3 Å². The molecule has 0 amide bonds. The summed E-state index contributed by atoms with van der Waals surface area (Å²) in [6.45, 7) is 0. The van der Waals surface area contributed by atoms with Crippen molar-refractivity contribution in [3.8, 4) is 11.1 Å². The smallest absolute Gasteiger partial charge is 0.0188 e. The van der Waals surface area contributed by atoms with Crippen LogP contribution in [0.1, 0.15) is 0 Å². The lowest BCUT2D eigenvalue weighted by Gasteiger charge is -2.11. The van der Waals surface area contributed by atoms with Crippen LogP contribution in [0, 0.1) is 0 Å². The Balaban J connectivity index is 2.15. The molecule has 4 aromatic carbocycles. The fourth-order valence-electron chi connectivity index (χ4n) is 2.94. The van der Waals surface area contributed by atoms with Crippen molar-refractivity contribution < 1.29 is 0 Å². The Kier molecular flexibility index (Phi) is 3.01. The molecule has 0 aliphatic rings. The summed E-state index contributed by atoms with van der Waals surface area (Å²) >= 11 is 3.67. The SMILES string of the molecule is Brc1cc(-c2ccccc2)c2ccc3ccccc3c2c1. The summed E-state index contributed by atoms with van der Waals surface area (Å²) in [4.78, 5) is 0. The average Bonchev–Trinajstić information content (AvgIpc) is 2.55. The highest BCUT2D eigenvalue weighted by Crippen LogP contribution is 2.35. The van der Waals surface area contributed by atoms with Crippen molar-refractivity contribution >= 4 is 37.5 Å². The first-order valence-corrected chi connectivity index (χ1v) is 7.79. The number of halogens is 1. The maximum atomic E-state index is 3.67. The summed E-state index contributed by atoms with van der Waals surface area (Å²) in [6, 6.07) is 27.9. The molecule has 4 rings (SSSR count). The predicted octanol–water partition coefficient (Wildman–Crippen LogP) is 6.42. The number of fused-ring (bicyclic) bond motifs is 3. The molecule has 0 saturated carbocycles. The predicted molar refractivity (Wildman–Crippen MR) is 94.6 cm³/mol. The van der Waals surface area contributed by atoms with Gasteiger partial charge in [0.25, 0.3) is 0 Å². The minimum atomic E-state index is 1.12. The third-order valence-corrected chi connectivity index (χ3v) is 4.37. The van der Waals surface area contributed by atoms with Gasteiger partial charge in [-0.05, 0) is 44.8 Å². The summed E-state index contributed by atoms with van der Waals surface area (Å²) < 4.78 is 1.12. The summed E-state index contributed by atoms with van der Waals surface area (Å²) in [5.74, 6) is 0. The minimum Gasteiger partial charge on any atom is -0.0622 e. The Hall–Kier alpha value is -2.12. The first-order chi connectivity index (χ1) is 10.3. The lowest BCUT2D eigenvalue weighted by molar-refractivity contribution is 1.64. The fourth-order valence-corrected chi connectivity index (χ4v) is 3.40. The van der Waals surface area contributed by atoms with Gasteiger partial charge in [-0.15, -0.1) is 0 Å². The maximum Gasteiger partial charge on any atom is 0.0188 e. The zero-order valence-electron chi connectivity index (χ0n) is 11.4. The van der Waals surface area contributed by atoms with E-state index in [1.165, 1.54) is 32.7 Å². The Morgan fingerprint density at radius 3 is 2.19 bits per heavy atom. The molecule has 0 fully saturated rings. The van der Waals surface area contributed by atoms with Gasteiger partial charge in [0.05, 0.1) is 0 Å². The normalized spacial score (nSPS) is 11.1. The zero-order valence-corrected chi connectivity index (χ0v) is 13.0. The lowest BCUT2D eigenvalue weighted by Crippen LogP contribution is -1.84. The first-order valence-electron chi connectivity index (χ1n) is 6.99. The van der Waals surface area contributed by atoms with Crippen LogP contribution in [0.25, 0.3) is 32.7 Å². The molecule has 0 saturated heterocycles. The number of hydrogen-bond acceptors (Lipinski definition) is 0. The highest BCUT2D eigenvalue weighted by atomic mass is 79.9. The van der Waals surface area contributed by atoms with Crippen LogP contribution in [0.5, 0.6) is 0 Å². The highest BCUT2D eigenvalue weighted by molar-refractivity contribution is 9.10. The van der Waals surface area contributed by atoms with Crippen molar-refractivity contribution in [3.05, 3.63) is 83.3 Å². The highest BCUT2D eigenvalue weighted by Gasteiger charge is 2.08. The van der Waals surface area contributed by atoms with Crippen molar-refractivity contribution in [2.45, 2.75) is 0 Å². The van der Waals surface area contributed by atoms with Gasteiger partial charge in [-0.1, -0.05) is 82.7 Å². The third-order valence-electron chi connectivity index (χ3n) is 3.91. The van der Waals surface area contributed by atoms with Crippen molar-refractivity contribution in [2.75, 3.05) is 0 Å². The quantitative estimate of drug-likeness (QED) is 0.352. The largest absolute Gasteiger partial charge is 0.0622 e. The molecule has 0 aliphatic carbocycles. The van der Waals surface area contributed by atoms with Gasteiger partial charge in [-0.3, -0.25) is 0 Å². The van der Waals surface area contributed by atoms with E-state index in [9.17, 15) is 0 Å². The van der Waals surface area contributed by atoms with Crippen molar-refractivity contribution in [1.82, 2.24) is 0 Å². The van der Waals surface area contributed by atoms with Gasteiger partial charge in [0.15, 0.2) is 0 Å². The van der Waals surface area contributed by atoms with E-state index in [1.54, 1.807) is 0 Å². The Labute approximate surface area is 132 Å². The van der Waals surface area contributed by atoms with Gasteiger partial charge in [0, 0.05) is 4.47 Å². The number of rotatable bonds is 1. The lowest BCUT2D eigenvalue weighted by atomic mass is 9.95. The van der Waals surface area contributed by atoms with Crippen LogP contribution in [0.4, 0.5) is 0 Å². The van der Waals surface area contributed by atoms with Gasteiger partial charge in [0.2, 0.25) is 0 Å². The molecule has 100 valence electrons. The molecule has 0 N–H and O–H groups in total. The average molecular weight is 333 g/mol. The number of benzene rings is 4. The standard InChI is InChI=1S/C20H13Br/c21-16-12-19(14-6-2-1-3-7-14)18-11-10-15-8-4-5-9-17(15)20(18)13-16/h1-13H. The molecule has 0 radical (unpaired) electrons. The molecule has 0 nitrogen and oxygen atoms in total. The van der Waals surface area contributed by atoms with E-state index in [1.807, 2.05) is 0 Å². The zero-order chi connectivity index (χ0) is 14.2. The molecule has 0 unspecified atom stereocenters. The molecule has 4 aromatic rings. The molecular weight excluding hydrogens is 320 g/mol. The van der Waals surface area contributed by atoms with Crippen LogP contribution in [-0.2, 0) is 0 Å². The van der Waals surface area contributed by atoms with Gasteiger partial charge < -0.3 is 0 Å². The fraction of sp³-hybridized carbons (Fsp3) is 0. The van der Waals surface area contributed by atoms with E-state index < -0.39 is 0 Å². The van der Waals surface area contributed by atoms with Crippen LogP contribution >= 0.6 is 15.9 Å². The van der Waals surface area contributed by atoms with E-state index in [2.05, 4.69) is 94.8 Å². The molecule has 1 heteroatoms. The molecule has 0 aliphatic heterocycles. The first kappa shape index (κ1) is 12.6. The summed E-state index contributed by atoms with van der Waals surface area (Å²) in [5, 5.41) is 5.17. The monoisotopic (exact) mass is 332 g/mol. The molecule has 0 atom stereocenters. The Morgan fingerprint density at radius 2 is 1.33 bits per heavy atom. The van der Waals surface area contributed by atoms with Crippen LogP contribution in [0.3, 0.4) is 0 Å². The molecule has 0 aromatic heterocycles.